The zero-order valence-corrected chi connectivity index (χ0v) is 11.6. The second kappa shape index (κ2) is 5.14. The molecule has 1 heterocycles. The van der Waals surface area contributed by atoms with E-state index in [9.17, 15) is 0 Å². The predicted octanol–water partition coefficient (Wildman–Crippen LogP) is 3.30. The molecule has 21 heavy (non-hydrogen) atoms. The molecule has 2 aromatic carbocycles. The normalized spacial score (nSPS) is 10.3. The summed E-state index contributed by atoms with van der Waals surface area (Å²) >= 11 is 0. The first kappa shape index (κ1) is 12.9. The lowest BCUT2D eigenvalue weighted by Crippen LogP contribution is -1.97. The summed E-state index contributed by atoms with van der Waals surface area (Å²) in [7, 11) is 0. The Labute approximate surface area is 123 Å². The monoisotopic (exact) mass is 274 g/mol. The van der Waals surface area contributed by atoms with Crippen molar-refractivity contribution in [3.63, 3.8) is 0 Å². The second-order valence-corrected chi connectivity index (χ2v) is 4.85. The Hall–Kier alpha value is -3.06. The van der Waals surface area contributed by atoms with Crippen LogP contribution < -0.4 is 5.73 Å². The third-order valence-corrected chi connectivity index (χ3v) is 3.39. The van der Waals surface area contributed by atoms with E-state index in [0.717, 1.165) is 22.5 Å². The summed E-state index contributed by atoms with van der Waals surface area (Å²) in [6, 6.07) is 17.4. The number of hydrogen-bond acceptors (Lipinski definition) is 3. The maximum Gasteiger partial charge on any atom is 0.116 e. The molecule has 0 amide bonds. The van der Waals surface area contributed by atoms with Gasteiger partial charge >= 0.3 is 0 Å². The van der Waals surface area contributed by atoms with Crippen LogP contribution in [0.1, 0.15) is 11.1 Å². The molecule has 0 spiro atoms. The summed E-state index contributed by atoms with van der Waals surface area (Å²) < 4.78 is 1.79. The lowest BCUT2D eigenvalue weighted by Gasteiger charge is -2.04. The van der Waals surface area contributed by atoms with Crippen LogP contribution in [-0.4, -0.2) is 9.78 Å². The molecule has 0 fully saturated rings. The SMILES string of the molecule is Cc1ccccc1-n1cc(N)c(-c2ccc(C#N)cc2)n1. The lowest BCUT2D eigenvalue weighted by molar-refractivity contribution is 0.876. The summed E-state index contributed by atoms with van der Waals surface area (Å²) in [5.41, 5.74) is 11.1. The highest BCUT2D eigenvalue weighted by Gasteiger charge is 2.10. The van der Waals surface area contributed by atoms with E-state index in [4.69, 9.17) is 11.0 Å². The van der Waals surface area contributed by atoms with Crippen molar-refractivity contribution in [2.24, 2.45) is 0 Å². The summed E-state index contributed by atoms with van der Waals surface area (Å²) in [4.78, 5) is 0. The number of nitrogens with zero attached hydrogens (tertiary/aromatic N) is 3. The third-order valence-electron chi connectivity index (χ3n) is 3.39. The van der Waals surface area contributed by atoms with Gasteiger partial charge in [0.15, 0.2) is 0 Å². The Balaban J connectivity index is 2.06. The molecule has 0 radical (unpaired) electrons. The number of anilines is 1. The number of para-hydroxylation sites is 1. The van der Waals surface area contributed by atoms with E-state index in [1.165, 1.54) is 0 Å². The fourth-order valence-electron chi connectivity index (χ4n) is 2.26. The van der Waals surface area contributed by atoms with Crippen LogP contribution in [-0.2, 0) is 0 Å². The van der Waals surface area contributed by atoms with Crippen molar-refractivity contribution in [2.75, 3.05) is 5.73 Å². The lowest BCUT2D eigenvalue weighted by atomic mass is 10.1. The molecular formula is C17H14N4. The molecule has 0 unspecified atom stereocenters. The average molecular weight is 274 g/mol. The van der Waals surface area contributed by atoms with Crippen molar-refractivity contribution in [2.45, 2.75) is 6.92 Å². The Bertz CT molecular complexity index is 823. The fourth-order valence-corrected chi connectivity index (χ4v) is 2.26. The number of nitrogens with two attached hydrogens (primary N) is 1. The number of rotatable bonds is 2. The molecule has 4 heteroatoms. The summed E-state index contributed by atoms with van der Waals surface area (Å²) in [5.74, 6) is 0. The summed E-state index contributed by atoms with van der Waals surface area (Å²) in [6.45, 7) is 2.04. The molecule has 1 aromatic heterocycles. The van der Waals surface area contributed by atoms with Crippen molar-refractivity contribution in [3.05, 3.63) is 65.9 Å². The molecule has 0 saturated carbocycles. The molecule has 0 aliphatic heterocycles. The minimum atomic E-state index is 0.614. The van der Waals surface area contributed by atoms with Gasteiger partial charge in [-0.05, 0) is 30.7 Å². The van der Waals surface area contributed by atoms with Gasteiger partial charge in [0.25, 0.3) is 0 Å². The van der Waals surface area contributed by atoms with Crippen LogP contribution in [0.2, 0.25) is 0 Å². The van der Waals surface area contributed by atoms with E-state index in [1.54, 1.807) is 16.8 Å². The van der Waals surface area contributed by atoms with E-state index < -0.39 is 0 Å². The van der Waals surface area contributed by atoms with Gasteiger partial charge in [-0.15, -0.1) is 0 Å². The van der Waals surface area contributed by atoms with E-state index in [2.05, 4.69) is 11.2 Å². The van der Waals surface area contributed by atoms with Crippen LogP contribution in [0, 0.1) is 18.3 Å². The van der Waals surface area contributed by atoms with Gasteiger partial charge in [0.2, 0.25) is 0 Å². The Morgan fingerprint density at radius 2 is 1.81 bits per heavy atom. The first-order valence-electron chi connectivity index (χ1n) is 6.61. The highest BCUT2D eigenvalue weighted by molar-refractivity contribution is 5.73. The molecule has 2 N–H and O–H groups in total. The van der Waals surface area contributed by atoms with Crippen LogP contribution in [0.5, 0.6) is 0 Å². The summed E-state index contributed by atoms with van der Waals surface area (Å²) in [6.07, 6.45) is 1.82. The molecular weight excluding hydrogens is 260 g/mol. The molecule has 0 bridgehead atoms. The van der Waals surface area contributed by atoms with Gasteiger partial charge in [-0.1, -0.05) is 30.3 Å². The van der Waals surface area contributed by atoms with Crippen LogP contribution in [0.4, 0.5) is 5.69 Å². The summed E-state index contributed by atoms with van der Waals surface area (Å²) in [5, 5.41) is 13.4. The first-order valence-corrected chi connectivity index (χ1v) is 6.61. The van der Waals surface area contributed by atoms with Crippen molar-refractivity contribution in [3.8, 4) is 23.0 Å². The van der Waals surface area contributed by atoms with Crippen molar-refractivity contribution >= 4 is 5.69 Å². The smallest absolute Gasteiger partial charge is 0.116 e. The second-order valence-electron chi connectivity index (χ2n) is 4.85. The largest absolute Gasteiger partial charge is 0.396 e. The zero-order chi connectivity index (χ0) is 14.8. The molecule has 0 saturated heterocycles. The molecule has 3 aromatic rings. The van der Waals surface area contributed by atoms with Crippen LogP contribution in [0.25, 0.3) is 16.9 Å². The Morgan fingerprint density at radius 3 is 2.48 bits per heavy atom. The molecule has 0 aliphatic rings. The number of aryl methyl sites for hydroxylation is 1. The third kappa shape index (κ3) is 2.37. The molecule has 3 rings (SSSR count). The average Bonchev–Trinajstić information content (AvgIpc) is 2.89. The highest BCUT2D eigenvalue weighted by Crippen LogP contribution is 2.26. The van der Waals surface area contributed by atoms with Gasteiger partial charge in [-0.25, -0.2) is 4.68 Å². The van der Waals surface area contributed by atoms with E-state index in [0.29, 0.717) is 11.3 Å². The molecule has 0 atom stereocenters. The van der Waals surface area contributed by atoms with E-state index in [-0.39, 0.29) is 0 Å². The number of benzene rings is 2. The van der Waals surface area contributed by atoms with E-state index >= 15 is 0 Å². The number of aromatic nitrogens is 2. The molecule has 4 nitrogen and oxygen atoms in total. The first-order chi connectivity index (χ1) is 10.2. The van der Waals surface area contributed by atoms with E-state index in [1.807, 2.05) is 49.5 Å². The maximum atomic E-state index is 8.84. The highest BCUT2D eigenvalue weighted by atomic mass is 15.3. The topological polar surface area (TPSA) is 67.6 Å². The quantitative estimate of drug-likeness (QED) is 0.779. The van der Waals surface area contributed by atoms with Gasteiger partial charge in [-0.2, -0.15) is 10.4 Å². The number of nitrogen functional groups attached to an aromatic ring is 1. The van der Waals surface area contributed by atoms with Crippen LogP contribution in [0.3, 0.4) is 0 Å². The van der Waals surface area contributed by atoms with Crippen molar-refractivity contribution < 1.29 is 0 Å². The predicted molar refractivity (Wildman–Crippen MR) is 82.9 cm³/mol. The van der Waals surface area contributed by atoms with Crippen molar-refractivity contribution in [1.82, 2.24) is 9.78 Å². The Kier molecular flexibility index (Phi) is 3.17. The van der Waals surface area contributed by atoms with Crippen LogP contribution >= 0.6 is 0 Å². The molecule has 0 aliphatic carbocycles. The van der Waals surface area contributed by atoms with Gasteiger partial charge in [0.1, 0.15) is 5.69 Å². The fraction of sp³-hybridized carbons (Fsp3) is 0.0588. The van der Waals surface area contributed by atoms with Gasteiger partial charge in [-0.3, -0.25) is 0 Å². The Morgan fingerprint density at radius 1 is 1.10 bits per heavy atom. The number of nitriles is 1. The van der Waals surface area contributed by atoms with Gasteiger partial charge < -0.3 is 5.73 Å². The standard InChI is InChI=1S/C17H14N4/c1-12-4-2-3-5-16(12)21-11-15(19)17(20-21)14-8-6-13(10-18)7-9-14/h2-9,11H,19H2,1H3. The van der Waals surface area contributed by atoms with Crippen molar-refractivity contribution in [1.29, 1.82) is 5.26 Å². The van der Waals surface area contributed by atoms with Gasteiger partial charge in [0, 0.05) is 5.56 Å². The minimum Gasteiger partial charge on any atom is -0.396 e. The van der Waals surface area contributed by atoms with Gasteiger partial charge in [0.05, 0.1) is 29.2 Å². The number of hydrogen-bond donors (Lipinski definition) is 1. The zero-order valence-electron chi connectivity index (χ0n) is 11.6. The minimum absolute atomic E-state index is 0.614. The molecule has 102 valence electrons. The maximum absolute atomic E-state index is 8.84. The van der Waals surface area contributed by atoms with Crippen LogP contribution in [0.15, 0.2) is 54.7 Å².